The number of nitrogens with one attached hydrogen (secondary N) is 2. The molecular formula is C14H12F3N3O3. The van der Waals surface area contributed by atoms with Crippen molar-refractivity contribution in [3.63, 3.8) is 0 Å². The first-order valence-corrected chi connectivity index (χ1v) is 6.48. The Hall–Kier alpha value is -2.60. The molecule has 0 saturated carbocycles. The van der Waals surface area contributed by atoms with Crippen molar-refractivity contribution in [2.45, 2.75) is 24.9 Å². The first kappa shape index (κ1) is 16.8. The molecule has 1 aromatic rings. The van der Waals surface area contributed by atoms with Crippen molar-refractivity contribution in [1.29, 1.82) is 5.26 Å². The van der Waals surface area contributed by atoms with Gasteiger partial charge in [0, 0.05) is 0 Å². The minimum atomic E-state index is -5.24. The Bertz CT molecular complexity index is 681. The number of alkyl halides is 3. The second kappa shape index (κ2) is 5.55. The molecule has 2 amide bonds. The van der Waals surface area contributed by atoms with Crippen LogP contribution in [0, 0.1) is 17.2 Å². The number of benzene rings is 1. The second-order valence-electron chi connectivity index (χ2n) is 5.16. The predicted molar refractivity (Wildman–Crippen MR) is 70.7 cm³/mol. The van der Waals surface area contributed by atoms with Gasteiger partial charge in [0.2, 0.25) is 5.72 Å². The van der Waals surface area contributed by atoms with Crippen LogP contribution in [0.3, 0.4) is 0 Å². The Balaban J connectivity index is 2.53. The molecule has 0 aromatic heterocycles. The number of hydrogen-bond donors (Lipinski definition) is 3. The van der Waals surface area contributed by atoms with Crippen LogP contribution < -0.4 is 10.6 Å². The summed E-state index contributed by atoms with van der Waals surface area (Å²) in [5.41, 5.74) is -3.25. The fraction of sp³-hybridized carbons (Fsp3) is 0.357. The van der Waals surface area contributed by atoms with E-state index < -0.39 is 35.7 Å². The first-order valence-electron chi connectivity index (χ1n) is 6.48. The molecule has 6 nitrogen and oxygen atoms in total. The number of carbonyl (C=O) groups is 2. The average molecular weight is 327 g/mol. The van der Waals surface area contributed by atoms with E-state index in [1.54, 1.807) is 0 Å². The number of rotatable bonds is 2. The van der Waals surface area contributed by atoms with E-state index in [0.717, 1.165) is 6.92 Å². The maximum absolute atomic E-state index is 13.2. The van der Waals surface area contributed by atoms with Gasteiger partial charge in [0.05, 0.1) is 23.6 Å². The minimum absolute atomic E-state index is 0.168. The lowest BCUT2D eigenvalue weighted by molar-refractivity contribution is -0.290. The number of Topliss-reactive ketones (excluding diaryl/α,β-unsaturated/α-hetero) is 1. The number of nitriles is 1. The zero-order valence-corrected chi connectivity index (χ0v) is 11.8. The molecule has 1 fully saturated rings. The molecule has 1 aliphatic rings. The molecule has 0 bridgehead atoms. The highest BCUT2D eigenvalue weighted by Crippen LogP contribution is 2.42. The lowest BCUT2D eigenvalue weighted by atomic mass is 9.79. The molecule has 122 valence electrons. The number of urea groups is 1. The predicted octanol–water partition coefficient (Wildman–Crippen LogP) is 1.37. The van der Waals surface area contributed by atoms with Crippen molar-refractivity contribution in [2.75, 3.05) is 0 Å². The van der Waals surface area contributed by atoms with Gasteiger partial charge >= 0.3 is 12.2 Å². The summed E-state index contributed by atoms with van der Waals surface area (Å²) in [6, 6.07) is 4.53. The molecule has 9 heteroatoms. The summed E-state index contributed by atoms with van der Waals surface area (Å²) in [6.45, 7) is 0.900. The lowest BCUT2D eigenvalue weighted by Gasteiger charge is -2.44. The third-order valence-corrected chi connectivity index (χ3v) is 3.64. The molecule has 0 aliphatic carbocycles. The van der Waals surface area contributed by atoms with Crippen LogP contribution in [0.4, 0.5) is 18.0 Å². The SMILES string of the molecule is CC(=O)[C@H]1[C@@H](c2ccc(C#N)cc2)NC(=O)N[C@@]1(O)C(F)(F)F. The highest BCUT2D eigenvalue weighted by Gasteiger charge is 2.65. The number of hydrogen-bond acceptors (Lipinski definition) is 4. The van der Waals surface area contributed by atoms with E-state index in [9.17, 15) is 27.9 Å². The summed E-state index contributed by atoms with van der Waals surface area (Å²) in [7, 11) is 0. The summed E-state index contributed by atoms with van der Waals surface area (Å²) >= 11 is 0. The van der Waals surface area contributed by atoms with E-state index in [1.165, 1.54) is 29.6 Å². The van der Waals surface area contributed by atoms with Gasteiger partial charge in [-0.25, -0.2) is 4.79 Å². The fourth-order valence-corrected chi connectivity index (χ4v) is 2.57. The summed E-state index contributed by atoms with van der Waals surface area (Å²) in [6.07, 6.45) is -5.24. The zero-order chi connectivity index (χ0) is 17.4. The highest BCUT2D eigenvalue weighted by molar-refractivity contribution is 5.86. The van der Waals surface area contributed by atoms with Crippen LogP contribution in [0.1, 0.15) is 24.1 Å². The summed E-state index contributed by atoms with van der Waals surface area (Å²) < 4.78 is 39.7. The standard InChI is InChI=1S/C14H12F3N3O3/c1-7(21)10-11(9-4-2-8(6-18)3-5-9)19-12(22)20-13(10,23)14(15,16)17/h2-5,10-11,23H,1H3,(H2,19,20,22)/t10-,11+,13-/m0/s1. The zero-order valence-electron chi connectivity index (χ0n) is 11.8. The minimum Gasteiger partial charge on any atom is -0.363 e. The monoisotopic (exact) mass is 327 g/mol. The molecule has 0 radical (unpaired) electrons. The summed E-state index contributed by atoms with van der Waals surface area (Å²) in [4.78, 5) is 23.3. The van der Waals surface area contributed by atoms with Crippen LogP contribution in [0.5, 0.6) is 0 Å². The van der Waals surface area contributed by atoms with E-state index in [0.29, 0.717) is 0 Å². The van der Waals surface area contributed by atoms with Crippen molar-refractivity contribution in [1.82, 2.24) is 10.6 Å². The van der Waals surface area contributed by atoms with Crippen molar-refractivity contribution in [3.8, 4) is 6.07 Å². The van der Waals surface area contributed by atoms with Gasteiger partial charge in [0.25, 0.3) is 0 Å². The lowest BCUT2D eigenvalue weighted by Crippen LogP contribution is -2.72. The van der Waals surface area contributed by atoms with Gasteiger partial charge in [-0.3, -0.25) is 4.79 Å². The average Bonchev–Trinajstić information content (AvgIpc) is 2.45. The largest absolute Gasteiger partial charge is 0.437 e. The Kier molecular flexibility index (Phi) is 4.05. The quantitative estimate of drug-likeness (QED) is 0.763. The summed E-state index contributed by atoms with van der Waals surface area (Å²) in [5.74, 6) is -2.93. The molecule has 23 heavy (non-hydrogen) atoms. The molecule has 3 atom stereocenters. The van der Waals surface area contributed by atoms with Crippen LogP contribution in [0.15, 0.2) is 24.3 Å². The second-order valence-corrected chi connectivity index (χ2v) is 5.16. The molecule has 3 N–H and O–H groups in total. The van der Waals surface area contributed by atoms with E-state index in [4.69, 9.17) is 5.26 Å². The van der Waals surface area contributed by atoms with Crippen LogP contribution in [0.25, 0.3) is 0 Å². The summed E-state index contributed by atoms with van der Waals surface area (Å²) in [5, 5.41) is 22.3. The number of halogens is 3. The molecule has 1 aliphatic heterocycles. The van der Waals surface area contributed by atoms with E-state index in [1.807, 2.05) is 6.07 Å². The van der Waals surface area contributed by atoms with Gasteiger partial charge < -0.3 is 15.7 Å². The van der Waals surface area contributed by atoms with Gasteiger partial charge in [-0.05, 0) is 24.6 Å². The topological polar surface area (TPSA) is 102 Å². The molecule has 1 saturated heterocycles. The molecule has 0 spiro atoms. The molecule has 1 heterocycles. The number of nitrogens with zero attached hydrogens (tertiary/aromatic N) is 1. The fourth-order valence-electron chi connectivity index (χ4n) is 2.57. The van der Waals surface area contributed by atoms with Crippen LogP contribution in [-0.2, 0) is 4.79 Å². The Morgan fingerprint density at radius 2 is 1.91 bits per heavy atom. The first-order chi connectivity index (χ1) is 10.6. The Morgan fingerprint density at radius 1 is 1.35 bits per heavy atom. The molecule has 2 rings (SSSR count). The van der Waals surface area contributed by atoms with Crippen LogP contribution >= 0.6 is 0 Å². The van der Waals surface area contributed by atoms with Gasteiger partial charge in [-0.2, -0.15) is 18.4 Å². The normalized spacial score (nSPS) is 27.6. The Labute approximate surface area is 128 Å². The van der Waals surface area contributed by atoms with Gasteiger partial charge in [-0.1, -0.05) is 12.1 Å². The van der Waals surface area contributed by atoms with Gasteiger partial charge in [0.1, 0.15) is 5.78 Å². The maximum atomic E-state index is 13.2. The van der Waals surface area contributed by atoms with Crippen LogP contribution in [-0.4, -0.2) is 28.8 Å². The van der Waals surface area contributed by atoms with Gasteiger partial charge in [-0.15, -0.1) is 0 Å². The number of amides is 2. The number of ketones is 1. The van der Waals surface area contributed by atoms with Crippen molar-refractivity contribution >= 4 is 11.8 Å². The van der Waals surface area contributed by atoms with Crippen LogP contribution in [0.2, 0.25) is 0 Å². The number of aliphatic hydroxyl groups is 1. The van der Waals surface area contributed by atoms with Crippen molar-refractivity contribution in [3.05, 3.63) is 35.4 Å². The van der Waals surface area contributed by atoms with Gasteiger partial charge in [0.15, 0.2) is 0 Å². The number of carbonyl (C=O) groups excluding carboxylic acids is 2. The highest BCUT2D eigenvalue weighted by atomic mass is 19.4. The molecular weight excluding hydrogens is 315 g/mol. The van der Waals surface area contributed by atoms with E-state index >= 15 is 0 Å². The third-order valence-electron chi connectivity index (χ3n) is 3.64. The molecule has 1 aromatic carbocycles. The maximum Gasteiger partial charge on any atom is 0.437 e. The Morgan fingerprint density at radius 3 is 2.35 bits per heavy atom. The molecule has 0 unspecified atom stereocenters. The van der Waals surface area contributed by atoms with E-state index in [-0.39, 0.29) is 11.1 Å². The third kappa shape index (κ3) is 2.85. The van der Waals surface area contributed by atoms with E-state index in [2.05, 4.69) is 5.32 Å². The smallest absolute Gasteiger partial charge is 0.363 e. The van der Waals surface area contributed by atoms with Crippen molar-refractivity contribution in [2.24, 2.45) is 5.92 Å². The van der Waals surface area contributed by atoms with Crippen molar-refractivity contribution < 1.29 is 27.9 Å².